The van der Waals surface area contributed by atoms with E-state index in [1.807, 2.05) is 41.8 Å². The zero-order valence-electron chi connectivity index (χ0n) is 12.3. The van der Waals surface area contributed by atoms with Gasteiger partial charge in [0.25, 0.3) is 0 Å². The molecule has 2 heterocycles. The minimum absolute atomic E-state index is 0.0937. The highest BCUT2D eigenvalue weighted by Gasteiger charge is 2.32. The lowest BCUT2D eigenvalue weighted by molar-refractivity contribution is -0.128. The summed E-state index contributed by atoms with van der Waals surface area (Å²) in [5.41, 5.74) is 2.10. The first kappa shape index (κ1) is 16.1. The van der Waals surface area contributed by atoms with Crippen LogP contribution in [0, 0.1) is 5.92 Å². The van der Waals surface area contributed by atoms with Gasteiger partial charge in [0.05, 0.1) is 5.75 Å². The second-order valence-corrected chi connectivity index (χ2v) is 8.08. The van der Waals surface area contributed by atoms with Gasteiger partial charge in [-0.05, 0) is 22.6 Å². The van der Waals surface area contributed by atoms with E-state index in [1.165, 1.54) is 4.88 Å². The average Bonchev–Trinajstić information content (AvgIpc) is 3.09. The second-order valence-electron chi connectivity index (χ2n) is 5.72. The summed E-state index contributed by atoms with van der Waals surface area (Å²) in [7, 11) is -4.54. The number of likely N-dealkylation sites (tertiary alicyclic amines) is 1. The lowest BCUT2D eigenvalue weighted by Gasteiger charge is -2.16. The fourth-order valence-electron chi connectivity index (χ4n) is 2.84. The molecule has 4 nitrogen and oxygen atoms in total. The molecule has 1 saturated heterocycles. The number of benzene rings is 1. The Balaban J connectivity index is 1.64. The summed E-state index contributed by atoms with van der Waals surface area (Å²) in [6, 6.07) is 12.0. The van der Waals surface area contributed by atoms with Crippen molar-refractivity contribution < 1.29 is 17.1 Å². The van der Waals surface area contributed by atoms with Gasteiger partial charge in [0, 0.05) is 30.3 Å². The molecule has 1 aliphatic heterocycles. The summed E-state index contributed by atoms with van der Waals surface area (Å²) < 4.78 is 34.2. The van der Waals surface area contributed by atoms with Gasteiger partial charge in [-0.25, -0.2) is 0 Å². The van der Waals surface area contributed by atoms with Gasteiger partial charge in [0.15, 0.2) is 0 Å². The minimum Gasteiger partial charge on any atom is -0.338 e. The van der Waals surface area contributed by atoms with Crippen LogP contribution in [-0.2, 0) is 21.6 Å². The van der Waals surface area contributed by atoms with E-state index in [0.29, 0.717) is 6.54 Å². The lowest BCUT2D eigenvalue weighted by atomic mass is 10.1. The molecule has 1 unspecified atom stereocenters. The normalized spacial score (nSPS) is 18.6. The summed E-state index contributed by atoms with van der Waals surface area (Å²) in [5, 5.41) is 2.02. The fourth-order valence-corrected chi connectivity index (χ4v) is 4.36. The van der Waals surface area contributed by atoms with Crippen molar-refractivity contribution in [2.24, 2.45) is 5.92 Å². The molecule has 0 bridgehead atoms. The lowest BCUT2D eigenvalue weighted by Crippen LogP contribution is -2.25. The van der Waals surface area contributed by atoms with Crippen molar-refractivity contribution in [2.75, 3.05) is 12.3 Å². The Morgan fingerprint density at radius 1 is 1.22 bits per heavy atom. The molecule has 1 atom stereocenters. The van der Waals surface area contributed by atoms with Crippen LogP contribution in [0.4, 0.5) is 3.89 Å². The van der Waals surface area contributed by atoms with Gasteiger partial charge >= 0.3 is 10.2 Å². The van der Waals surface area contributed by atoms with Gasteiger partial charge in [-0.3, -0.25) is 4.79 Å². The van der Waals surface area contributed by atoms with E-state index in [4.69, 9.17) is 0 Å². The van der Waals surface area contributed by atoms with Crippen LogP contribution in [0.1, 0.15) is 12.0 Å². The Bertz CT molecular complexity index is 785. The molecule has 1 aromatic carbocycles. The number of carbonyl (C=O) groups excluding carboxylic acids is 1. The second kappa shape index (κ2) is 6.41. The Hall–Kier alpha value is -1.73. The number of amides is 1. The van der Waals surface area contributed by atoms with E-state index in [1.54, 1.807) is 16.2 Å². The summed E-state index contributed by atoms with van der Waals surface area (Å²) >= 11 is 1.66. The topological polar surface area (TPSA) is 54.5 Å². The van der Waals surface area contributed by atoms with Crippen molar-refractivity contribution in [2.45, 2.75) is 13.0 Å². The van der Waals surface area contributed by atoms with Crippen LogP contribution in [0.5, 0.6) is 0 Å². The fraction of sp³-hybridized carbons (Fsp3) is 0.312. The standard InChI is InChI=1S/C16H16FNO3S2/c17-23(20,21)11-13-8-16(19)18(10-13)9-12-3-5-14(6-4-12)15-2-1-7-22-15/h1-7,13H,8-11H2. The van der Waals surface area contributed by atoms with Crippen molar-refractivity contribution in [3.63, 3.8) is 0 Å². The van der Waals surface area contributed by atoms with Crippen molar-refractivity contribution in [3.05, 3.63) is 47.3 Å². The molecule has 2 aromatic rings. The van der Waals surface area contributed by atoms with Crippen molar-refractivity contribution >= 4 is 27.5 Å². The molecule has 0 N–H and O–H groups in total. The maximum absolute atomic E-state index is 12.7. The third-order valence-corrected chi connectivity index (χ3v) is 5.65. The number of carbonyl (C=O) groups is 1. The van der Waals surface area contributed by atoms with E-state index in [0.717, 1.165) is 11.1 Å². The highest BCUT2D eigenvalue weighted by molar-refractivity contribution is 7.86. The molecule has 3 rings (SSSR count). The monoisotopic (exact) mass is 353 g/mol. The van der Waals surface area contributed by atoms with Crippen molar-refractivity contribution in [1.29, 1.82) is 0 Å². The highest BCUT2D eigenvalue weighted by atomic mass is 32.3. The van der Waals surface area contributed by atoms with Crippen LogP contribution in [-0.4, -0.2) is 31.5 Å². The summed E-state index contributed by atoms with van der Waals surface area (Å²) in [6.07, 6.45) is 0.0937. The maximum atomic E-state index is 12.7. The van der Waals surface area contributed by atoms with Crippen LogP contribution >= 0.6 is 11.3 Å². The molecule has 0 radical (unpaired) electrons. The van der Waals surface area contributed by atoms with E-state index in [2.05, 4.69) is 0 Å². The molecule has 1 fully saturated rings. The van der Waals surface area contributed by atoms with Gasteiger partial charge in [-0.2, -0.15) is 8.42 Å². The summed E-state index contributed by atoms with van der Waals surface area (Å²) in [4.78, 5) is 14.7. The number of halogens is 1. The van der Waals surface area contributed by atoms with Crippen molar-refractivity contribution in [1.82, 2.24) is 4.90 Å². The summed E-state index contributed by atoms with van der Waals surface area (Å²) in [6.45, 7) is 0.709. The molecular formula is C16H16FNO3S2. The van der Waals surface area contributed by atoms with Crippen LogP contribution in [0.2, 0.25) is 0 Å². The predicted octanol–water partition coefficient (Wildman–Crippen LogP) is 3.06. The molecule has 1 aliphatic rings. The van der Waals surface area contributed by atoms with E-state index in [9.17, 15) is 17.1 Å². The molecular weight excluding hydrogens is 337 g/mol. The first-order valence-electron chi connectivity index (χ1n) is 7.23. The zero-order valence-corrected chi connectivity index (χ0v) is 13.9. The predicted molar refractivity (Wildman–Crippen MR) is 88.2 cm³/mol. The quantitative estimate of drug-likeness (QED) is 0.776. The van der Waals surface area contributed by atoms with Gasteiger partial charge in [0.2, 0.25) is 5.91 Å². The zero-order chi connectivity index (χ0) is 16.4. The van der Waals surface area contributed by atoms with E-state index >= 15 is 0 Å². The van der Waals surface area contributed by atoms with Gasteiger partial charge in [0.1, 0.15) is 0 Å². The molecule has 0 spiro atoms. The Morgan fingerprint density at radius 3 is 2.57 bits per heavy atom. The maximum Gasteiger partial charge on any atom is 0.302 e. The largest absolute Gasteiger partial charge is 0.338 e. The third-order valence-electron chi connectivity index (χ3n) is 3.86. The Labute approximate surface area is 138 Å². The first-order chi connectivity index (χ1) is 10.9. The molecule has 7 heteroatoms. The molecule has 0 aliphatic carbocycles. The number of nitrogens with zero attached hydrogens (tertiary/aromatic N) is 1. The van der Waals surface area contributed by atoms with Crippen LogP contribution in [0.3, 0.4) is 0 Å². The molecule has 23 heavy (non-hydrogen) atoms. The molecule has 0 saturated carbocycles. The van der Waals surface area contributed by atoms with Gasteiger partial charge < -0.3 is 4.90 Å². The SMILES string of the molecule is O=C1CC(CS(=O)(=O)F)CN1Cc1ccc(-c2cccs2)cc1. The molecule has 1 amide bonds. The van der Waals surface area contributed by atoms with Crippen LogP contribution < -0.4 is 0 Å². The minimum atomic E-state index is -4.54. The number of hydrogen-bond acceptors (Lipinski definition) is 4. The van der Waals surface area contributed by atoms with Gasteiger partial charge in [-0.1, -0.05) is 30.3 Å². The van der Waals surface area contributed by atoms with Crippen LogP contribution in [0.25, 0.3) is 10.4 Å². The van der Waals surface area contributed by atoms with Crippen LogP contribution in [0.15, 0.2) is 41.8 Å². The first-order valence-corrected chi connectivity index (χ1v) is 9.67. The average molecular weight is 353 g/mol. The van der Waals surface area contributed by atoms with Gasteiger partial charge in [-0.15, -0.1) is 15.2 Å². The smallest absolute Gasteiger partial charge is 0.302 e. The summed E-state index contributed by atoms with van der Waals surface area (Å²) in [5.74, 6) is -1.16. The number of rotatable bonds is 5. The molecule has 1 aromatic heterocycles. The Kier molecular flexibility index (Phi) is 4.50. The third kappa shape index (κ3) is 4.17. The van der Waals surface area contributed by atoms with E-state index in [-0.39, 0.29) is 18.9 Å². The number of thiophene rings is 1. The number of hydrogen-bond donors (Lipinski definition) is 0. The van der Waals surface area contributed by atoms with Crippen molar-refractivity contribution in [3.8, 4) is 10.4 Å². The highest BCUT2D eigenvalue weighted by Crippen LogP contribution is 2.26. The van der Waals surface area contributed by atoms with E-state index < -0.39 is 21.9 Å². The molecule has 122 valence electrons. The Morgan fingerprint density at radius 2 is 1.96 bits per heavy atom.